The fraction of sp³-hybridized carbons (Fsp3) is 0.462. The van der Waals surface area contributed by atoms with Crippen LogP contribution >= 0.6 is 0 Å². The van der Waals surface area contributed by atoms with Crippen LogP contribution in [0.4, 0.5) is 4.39 Å². The van der Waals surface area contributed by atoms with Gasteiger partial charge in [-0.25, -0.2) is 17.6 Å². The molecule has 0 spiro atoms. The molecule has 116 valence electrons. The van der Waals surface area contributed by atoms with Crippen molar-refractivity contribution < 1.29 is 22.3 Å². The van der Waals surface area contributed by atoms with Gasteiger partial charge >= 0.3 is 5.97 Å². The lowest BCUT2D eigenvalue weighted by molar-refractivity contribution is 0.0595. The Labute approximate surface area is 122 Å². The Bertz CT molecular complexity index is 648. The maximum Gasteiger partial charge on any atom is 0.339 e. The Balaban J connectivity index is 2.52. The zero-order chi connectivity index (χ0) is 15.6. The molecule has 0 aliphatic carbocycles. The van der Waals surface area contributed by atoms with Crippen molar-refractivity contribution in [2.24, 2.45) is 5.73 Å². The summed E-state index contributed by atoms with van der Waals surface area (Å²) >= 11 is 0. The number of carbonyl (C=O) groups is 1. The number of halogens is 1. The summed E-state index contributed by atoms with van der Waals surface area (Å²) in [5.74, 6) is -1.59. The molecule has 2 rings (SSSR count). The summed E-state index contributed by atoms with van der Waals surface area (Å²) in [6.45, 7) is 0.538. The number of nitrogens with two attached hydrogens (primary N) is 1. The van der Waals surface area contributed by atoms with E-state index < -0.39 is 21.8 Å². The second-order valence-corrected chi connectivity index (χ2v) is 6.64. The molecule has 1 aliphatic heterocycles. The Hall–Kier alpha value is -1.51. The molecule has 0 radical (unpaired) electrons. The van der Waals surface area contributed by atoms with Gasteiger partial charge in [0.25, 0.3) is 0 Å². The quantitative estimate of drug-likeness (QED) is 0.827. The standard InChI is InChI=1S/C13H17FN2O4S/c1-20-13(17)11-7-9(14)4-5-12(11)21(18,19)16-6-2-3-10(16)8-15/h4-5,7,10H,2-3,6,8,15H2,1H3. The maximum absolute atomic E-state index is 13.3. The SMILES string of the molecule is COC(=O)c1cc(F)ccc1S(=O)(=O)N1CCCC1CN. The van der Waals surface area contributed by atoms with Crippen molar-refractivity contribution in [2.75, 3.05) is 20.2 Å². The average molecular weight is 316 g/mol. The molecule has 0 aromatic heterocycles. The minimum atomic E-state index is -3.92. The van der Waals surface area contributed by atoms with Crippen LogP contribution < -0.4 is 5.73 Å². The molecular weight excluding hydrogens is 299 g/mol. The Morgan fingerprint density at radius 3 is 2.86 bits per heavy atom. The predicted molar refractivity (Wildman–Crippen MR) is 73.7 cm³/mol. The van der Waals surface area contributed by atoms with Gasteiger partial charge in [0, 0.05) is 19.1 Å². The topological polar surface area (TPSA) is 89.7 Å². The number of nitrogens with zero attached hydrogens (tertiary/aromatic N) is 1. The van der Waals surface area contributed by atoms with Crippen LogP contribution in [0.25, 0.3) is 0 Å². The van der Waals surface area contributed by atoms with E-state index in [4.69, 9.17) is 5.73 Å². The van der Waals surface area contributed by atoms with Crippen molar-refractivity contribution in [1.29, 1.82) is 0 Å². The first-order valence-electron chi connectivity index (χ1n) is 6.51. The molecule has 8 heteroatoms. The van der Waals surface area contributed by atoms with Crippen LogP contribution in [0.1, 0.15) is 23.2 Å². The highest BCUT2D eigenvalue weighted by atomic mass is 32.2. The lowest BCUT2D eigenvalue weighted by Crippen LogP contribution is -2.40. The Kier molecular flexibility index (Phi) is 4.60. The monoisotopic (exact) mass is 316 g/mol. The smallest absolute Gasteiger partial charge is 0.339 e. The van der Waals surface area contributed by atoms with Crippen LogP contribution in [-0.2, 0) is 14.8 Å². The minimum Gasteiger partial charge on any atom is -0.465 e. The lowest BCUT2D eigenvalue weighted by atomic mass is 10.2. The molecule has 1 heterocycles. The van der Waals surface area contributed by atoms with Crippen LogP contribution in [0.2, 0.25) is 0 Å². The number of ether oxygens (including phenoxy) is 1. The molecule has 0 amide bonds. The van der Waals surface area contributed by atoms with Crippen molar-refractivity contribution in [3.63, 3.8) is 0 Å². The summed E-state index contributed by atoms with van der Waals surface area (Å²) in [5, 5.41) is 0. The molecule has 0 bridgehead atoms. The molecule has 1 unspecified atom stereocenters. The molecule has 0 saturated carbocycles. The summed E-state index contributed by atoms with van der Waals surface area (Å²) in [7, 11) is -2.80. The normalized spacial score (nSPS) is 19.7. The van der Waals surface area contributed by atoms with E-state index in [9.17, 15) is 17.6 Å². The van der Waals surface area contributed by atoms with Gasteiger partial charge in [0.15, 0.2) is 0 Å². The third-order valence-corrected chi connectivity index (χ3v) is 5.54. The van der Waals surface area contributed by atoms with E-state index in [0.717, 1.165) is 25.3 Å². The summed E-state index contributed by atoms with van der Waals surface area (Å²) in [5.41, 5.74) is 5.28. The van der Waals surface area contributed by atoms with Gasteiger partial charge in [0.05, 0.1) is 17.6 Å². The molecule has 1 saturated heterocycles. The summed E-state index contributed by atoms with van der Waals surface area (Å²) in [4.78, 5) is 11.4. The number of sulfonamides is 1. The summed E-state index contributed by atoms with van der Waals surface area (Å²) in [6, 6.07) is 2.66. The molecule has 1 fully saturated rings. The molecule has 21 heavy (non-hydrogen) atoms. The largest absolute Gasteiger partial charge is 0.465 e. The molecule has 1 atom stereocenters. The van der Waals surface area contributed by atoms with Crippen molar-refractivity contribution in [2.45, 2.75) is 23.8 Å². The van der Waals surface area contributed by atoms with Gasteiger partial charge < -0.3 is 10.5 Å². The number of carbonyl (C=O) groups excluding carboxylic acids is 1. The second-order valence-electron chi connectivity index (χ2n) is 4.78. The fourth-order valence-corrected chi connectivity index (χ4v) is 4.35. The highest BCUT2D eigenvalue weighted by Gasteiger charge is 2.36. The van der Waals surface area contributed by atoms with Crippen LogP contribution in [-0.4, -0.2) is 44.9 Å². The van der Waals surface area contributed by atoms with Crippen molar-refractivity contribution in [3.8, 4) is 0 Å². The molecule has 1 aromatic carbocycles. The van der Waals surface area contributed by atoms with E-state index in [2.05, 4.69) is 4.74 Å². The van der Waals surface area contributed by atoms with E-state index in [1.54, 1.807) is 0 Å². The van der Waals surface area contributed by atoms with Crippen LogP contribution in [0, 0.1) is 5.82 Å². The molecular formula is C13H17FN2O4S. The predicted octanol–water partition coefficient (Wildman–Crippen LogP) is 0.724. The van der Waals surface area contributed by atoms with Crippen LogP contribution in [0.3, 0.4) is 0 Å². The van der Waals surface area contributed by atoms with Crippen LogP contribution in [0.5, 0.6) is 0 Å². The van der Waals surface area contributed by atoms with E-state index in [1.807, 2.05) is 0 Å². The van der Waals surface area contributed by atoms with E-state index in [1.165, 1.54) is 4.31 Å². The molecule has 1 aliphatic rings. The van der Waals surface area contributed by atoms with Gasteiger partial charge in [-0.2, -0.15) is 4.31 Å². The Morgan fingerprint density at radius 1 is 1.52 bits per heavy atom. The second kappa shape index (κ2) is 6.08. The van der Waals surface area contributed by atoms with Gasteiger partial charge in [-0.1, -0.05) is 0 Å². The third-order valence-electron chi connectivity index (χ3n) is 3.53. The van der Waals surface area contributed by atoms with Gasteiger partial charge in [-0.3, -0.25) is 0 Å². The zero-order valence-electron chi connectivity index (χ0n) is 11.6. The number of hydrogen-bond donors (Lipinski definition) is 1. The zero-order valence-corrected chi connectivity index (χ0v) is 12.4. The van der Waals surface area contributed by atoms with Crippen molar-refractivity contribution >= 4 is 16.0 Å². The van der Waals surface area contributed by atoms with Gasteiger partial charge in [0.1, 0.15) is 5.82 Å². The highest BCUT2D eigenvalue weighted by molar-refractivity contribution is 7.89. The Morgan fingerprint density at radius 2 is 2.24 bits per heavy atom. The van der Waals surface area contributed by atoms with E-state index in [0.29, 0.717) is 19.4 Å². The molecule has 2 N–H and O–H groups in total. The molecule has 6 nitrogen and oxygen atoms in total. The van der Waals surface area contributed by atoms with Gasteiger partial charge in [0.2, 0.25) is 10.0 Å². The van der Waals surface area contributed by atoms with Crippen molar-refractivity contribution in [3.05, 3.63) is 29.6 Å². The molecule has 1 aromatic rings. The first-order chi connectivity index (χ1) is 9.91. The van der Waals surface area contributed by atoms with Crippen LogP contribution in [0.15, 0.2) is 23.1 Å². The number of rotatable bonds is 4. The first-order valence-corrected chi connectivity index (χ1v) is 7.95. The maximum atomic E-state index is 13.3. The summed E-state index contributed by atoms with van der Waals surface area (Å²) < 4.78 is 44.5. The van der Waals surface area contributed by atoms with E-state index in [-0.39, 0.29) is 23.0 Å². The number of esters is 1. The average Bonchev–Trinajstić information content (AvgIpc) is 2.95. The lowest BCUT2D eigenvalue weighted by Gasteiger charge is -2.23. The number of methoxy groups -OCH3 is 1. The first kappa shape index (κ1) is 15.9. The van der Waals surface area contributed by atoms with E-state index >= 15 is 0 Å². The van der Waals surface area contributed by atoms with Crippen molar-refractivity contribution in [1.82, 2.24) is 4.31 Å². The minimum absolute atomic E-state index is 0.202. The van der Waals surface area contributed by atoms with Gasteiger partial charge in [-0.15, -0.1) is 0 Å². The third kappa shape index (κ3) is 2.92. The number of benzene rings is 1. The number of hydrogen-bond acceptors (Lipinski definition) is 5. The highest BCUT2D eigenvalue weighted by Crippen LogP contribution is 2.28. The fourth-order valence-electron chi connectivity index (χ4n) is 2.48. The summed E-state index contributed by atoms with van der Waals surface area (Å²) in [6.07, 6.45) is 1.38. The van der Waals surface area contributed by atoms with Gasteiger partial charge in [-0.05, 0) is 31.0 Å².